The lowest BCUT2D eigenvalue weighted by atomic mass is 9.95. The minimum absolute atomic E-state index is 0.0689. The van der Waals surface area contributed by atoms with E-state index in [1.54, 1.807) is 6.07 Å². The van der Waals surface area contributed by atoms with Gasteiger partial charge in [-0.15, -0.1) is 0 Å². The van der Waals surface area contributed by atoms with Gasteiger partial charge in [0.1, 0.15) is 0 Å². The van der Waals surface area contributed by atoms with E-state index in [0.29, 0.717) is 5.02 Å². The molecule has 126 valence electrons. The molecule has 1 fully saturated rings. The summed E-state index contributed by atoms with van der Waals surface area (Å²) in [6.07, 6.45) is 1.78. The van der Waals surface area contributed by atoms with E-state index in [4.69, 9.17) is 11.6 Å². The predicted octanol–water partition coefficient (Wildman–Crippen LogP) is 4.95. The lowest BCUT2D eigenvalue weighted by Crippen LogP contribution is -2.37. The Hall–Kier alpha value is -1.36. The topological polar surface area (TPSA) is 32.3 Å². The van der Waals surface area contributed by atoms with E-state index < -0.39 is 0 Å². The number of carbonyl (C=O) groups excluding carboxylic acids is 1. The van der Waals surface area contributed by atoms with Gasteiger partial charge in [0.15, 0.2) is 0 Å². The van der Waals surface area contributed by atoms with Crippen molar-refractivity contribution in [3.05, 3.63) is 63.6 Å². The minimum Gasteiger partial charge on any atom is -0.326 e. The summed E-state index contributed by atoms with van der Waals surface area (Å²) in [5.41, 5.74) is 2.07. The first-order valence-corrected chi connectivity index (χ1v) is 9.31. The highest BCUT2D eigenvalue weighted by Crippen LogP contribution is 2.27. The van der Waals surface area contributed by atoms with Crippen molar-refractivity contribution < 1.29 is 4.79 Å². The summed E-state index contributed by atoms with van der Waals surface area (Å²) in [4.78, 5) is 14.9. The van der Waals surface area contributed by atoms with Crippen LogP contribution < -0.4 is 5.32 Å². The van der Waals surface area contributed by atoms with E-state index in [0.717, 1.165) is 42.6 Å². The average Bonchev–Trinajstić information content (AvgIpc) is 2.60. The Morgan fingerprint density at radius 3 is 2.54 bits per heavy atom. The highest BCUT2D eigenvalue weighted by molar-refractivity contribution is 9.10. The Bertz CT molecular complexity index is 700. The van der Waals surface area contributed by atoms with Crippen LogP contribution in [0.4, 0.5) is 5.69 Å². The molecule has 0 saturated carbocycles. The maximum atomic E-state index is 12.4. The number of nitrogens with zero attached hydrogens (tertiary/aromatic N) is 1. The molecule has 1 aliphatic rings. The molecule has 1 saturated heterocycles. The van der Waals surface area contributed by atoms with E-state index in [1.807, 2.05) is 18.2 Å². The fourth-order valence-electron chi connectivity index (χ4n) is 3.01. The van der Waals surface area contributed by atoms with Gasteiger partial charge in [-0.3, -0.25) is 9.69 Å². The number of benzene rings is 2. The number of piperidine rings is 1. The number of hydrogen-bond donors (Lipinski definition) is 1. The summed E-state index contributed by atoms with van der Waals surface area (Å²) >= 11 is 9.43. The standard InChI is InChI=1S/C19H20BrClN2O/c20-17-7-6-16(12-18(17)21)22-19(24)15-8-10-23(11-9-15)13-14-4-2-1-3-5-14/h1-7,12,15H,8-11,13H2,(H,22,24). The van der Waals surface area contributed by atoms with Crippen LogP contribution in [0.5, 0.6) is 0 Å². The van der Waals surface area contributed by atoms with Crippen molar-refractivity contribution in [1.29, 1.82) is 0 Å². The molecule has 0 atom stereocenters. The fraction of sp³-hybridized carbons (Fsp3) is 0.316. The molecule has 0 aliphatic carbocycles. The van der Waals surface area contributed by atoms with Gasteiger partial charge < -0.3 is 5.32 Å². The van der Waals surface area contributed by atoms with Crippen molar-refractivity contribution in [3.63, 3.8) is 0 Å². The number of hydrogen-bond acceptors (Lipinski definition) is 2. The Balaban J connectivity index is 1.50. The predicted molar refractivity (Wildman–Crippen MR) is 102 cm³/mol. The van der Waals surface area contributed by atoms with Crippen LogP contribution in [0, 0.1) is 5.92 Å². The molecular weight excluding hydrogens is 388 g/mol. The molecule has 24 heavy (non-hydrogen) atoms. The van der Waals surface area contributed by atoms with Gasteiger partial charge in [0.05, 0.1) is 5.02 Å². The first-order valence-electron chi connectivity index (χ1n) is 8.14. The first-order chi connectivity index (χ1) is 11.6. The van der Waals surface area contributed by atoms with Gasteiger partial charge in [-0.25, -0.2) is 0 Å². The van der Waals surface area contributed by atoms with E-state index in [1.165, 1.54) is 5.56 Å². The van der Waals surface area contributed by atoms with Crippen LogP contribution in [0.2, 0.25) is 5.02 Å². The number of rotatable bonds is 4. The SMILES string of the molecule is O=C(Nc1ccc(Br)c(Cl)c1)C1CCN(Cc2ccccc2)CC1. The van der Waals surface area contributed by atoms with Crippen LogP contribution >= 0.6 is 27.5 Å². The fourth-order valence-corrected chi connectivity index (χ4v) is 3.44. The minimum atomic E-state index is 0.0689. The molecule has 3 rings (SSSR count). The first kappa shape index (κ1) is 17.5. The summed E-state index contributed by atoms with van der Waals surface area (Å²) in [7, 11) is 0. The lowest BCUT2D eigenvalue weighted by Gasteiger charge is -2.31. The van der Waals surface area contributed by atoms with Crippen LogP contribution in [-0.4, -0.2) is 23.9 Å². The van der Waals surface area contributed by atoms with E-state index in [9.17, 15) is 4.79 Å². The number of nitrogens with one attached hydrogen (secondary N) is 1. The molecule has 2 aromatic rings. The summed E-state index contributed by atoms with van der Waals surface area (Å²) in [5, 5.41) is 3.58. The molecule has 0 radical (unpaired) electrons. The normalized spacial score (nSPS) is 16.1. The maximum Gasteiger partial charge on any atom is 0.227 e. The van der Waals surface area contributed by atoms with Crippen molar-refractivity contribution in [2.24, 2.45) is 5.92 Å². The van der Waals surface area contributed by atoms with E-state index in [-0.39, 0.29) is 11.8 Å². The van der Waals surface area contributed by atoms with Crippen molar-refractivity contribution in [2.75, 3.05) is 18.4 Å². The Labute approximate surface area is 156 Å². The van der Waals surface area contributed by atoms with Crippen LogP contribution in [-0.2, 0) is 11.3 Å². The molecule has 0 aromatic heterocycles. The molecule has 5 heteroatoms. The molecule has 3 nitrogen and oxygen atoms in total. The summed E-state index contributed by atoms with van der Waals surface area (Å²) in [6, 6.07) is 15.9. The van der Waals surface area contributed by atoms with Gasteiger partial charge in [-0.2, -0.15) is 0 Å². The van der Waals surface area contributed by atoms with Gasteiger partial charge in [0.25, 0.3) is 0 Å². The highest BCUT2D eigenvalue weighted by Gasteiger charge is 2.25. The molecule has 0 bridgehead atoms. The van der Waals surface area contributed by atoms with E-state index >= 15 is 0 Å². The van der Waals surface area contributed by atoms with Crippen molar-refractivity contribution in [3.8, 4) is 0 Å². The number of carbonyl (C=O) groups is 1. The van der Waals surface area contributed by atoms with Gasteiger partial charge in [-0.05, 0) is 65.6 Å². The smallest absolute Gasteiger partial charge is 0.227 e. The van der Waals surface area contributed by atoms with E-state index in [2.05, 4.69) is 50.4 Å². The molecule has 1 N–H and O–H groups in total. The van der Waals surface area contributed by atoms with Gasteiger partial charge in [0, 0.05) is 22.6 Å². The van der Waals surface area contributed by atoms with Crippen molar-refractivity contribution in [2.45, 2.75) is 19.4 Å². The zero-order valence-electron chi connectivity index (χ0n) is 13.3. The zero-order valence-corrected chi connectivity index (χ0v) is 15.7. The number of amides is 1. The Kier molecular flexibility index (Phi) is 5.93. The summed E-state index contributed by atoms with van der Waals surface area (Å²) < 4.78 is 0.830. The average molecular weight is 408 g/mol. The molecule has 1 amide bonds. The third-order valence-electron chi connectivity index (χ3n) is 4.39. The van der Waals surface area contributed by atoms with Crippen molar-refractivity contribution in [1.82, 2.24) is 4.90 Å². The third kappa shape index (κ3) is 4.59. The number of anilines is 1. The summed E-state index contributed by atoms with van der Waals surface area (Å²) in [5.74, 6) is 0.159. The summed E-state index contributed by atoms with van der Waals surface area (Å²) in [6.45, 7) is 2.86. The van der Waals surface area contributed by atoms with Gasteiger partial charge in [-0.1, -0.05) is 41.9 Å². The van der Waals surface area contributed by atoms with Gasteiger partial charge in [0.2, 0.25) is 5.91 Å². The second kappa shape index (κ2) is 8.15. The highest BCUT2D eigenvalue weighted by atomic mass is 79.9. The van der Waals surface area contributed by atoms with Crippen LogP contribution in [0.1, 0.15) is 18.4 Å². The van der Waals surface area contributed by atoms with Crippen LogP contribution in [0.3, 0.4) is 0 Å². The van der Waals surface area contributed by atoms with Crippen LogP contribution in [0.25, 0.3) is 0 Å². The second-order valence-electron chi connectivity index (χ2n) is 6.15. The molecular formula is C19H20BrClN2O. The molecule has 1 heterocycles. The Morgan fingerprint density at radius 1 is 1.17 bits per heavy atom. The molecule has 2 aromatic carbocycles. The number of halogens is 2. The molecule has 0 unspecified atom stereocenters. The zero-order chi connectivity index (χ0) is 16.9. The van der Waals surface area contributed by atoms with Crippen molar-refractivity contribution >= 4 is 39.1 Å². The second-order valence-corrected chi connectivity index (χ2v) is 7.42. The largest absolute Gasteiger partial charge is 0.326 e. The number of likely N-dealkylation sites (tertiary alicyclic amines) is 1. The molecule has 1 aliphatic heterocycles. The van der Waals surface area contributed by atoms with Gasteiger partial charge >= 0.3 is 0 Å². The Morgan fingerprint density at radius 2 is 1.88 bits per heavy atom. The quantitative estimate of drug-likeness (QED) is 0.777. The maximum absolute atomic E-state index is 12.4. The van der Waals surface area contributed by atoms with Crippen LogP contribution in [0.15, 0.2) is 53.0 Å². The lowest BCUT2D eigenvalue weighted by molar-refractivity contribution is -0.121. The third-order valence-corrected chi connectivity index (χ3v) is 5.63. The monoisotopic (exact) mass is 406 g/mol. The molecule has 0 spiro atoms.